The summed E-state index contributed by atoms with van der Waals surface area (Å²) >= 11 is 2.02. The first-order valence-corrected chi connectivity index (χ1v) is 4.88. The van der Waals surface area contributed by atoms with Crippen molar-refractivity contribution in [2.45, 2.75) is 11.7 Å². The lowest BCUT2D eigenvalue weighted by molar-refractivity contribution is 0.343. The highest BCUT2D eigenvalue weighted by Gasteiger charge is 2.13. The first-order chi connectivity index (χ1) is 4.83. The van der Waals surface area contributed by atoms with Crippen molar-refractivity contribution in [2.24, 2.45) is 5.73 Å². The van der Waals surface area contributed by atoms with Crippen LogP contribution in [0.2, 0.25) is 0 Å². The first kappa shape index (κ1) is 8.37. The zero-order valence-electron chi connectivity index (χ0n) is 6.55. The average molecular weight is 160 g/mol. The van der Waals surface area contributed by atoms with Crippen molar-refractivity contribution < 1.29 is 0 Å². The van der Waals surface area contributed by atoms with Crippen molar-refractivity contribution in [2.75, 3.05) is 32.4 Å². The predicted molar refractivity (Wildman–Crippen MR) is 47.4 cm³/mol. The van der Waals surface area contributed by atoms with Crippen molar-refractivity contribution >= 4 is 11.8 Å². The molecule has 1 heterocycles. The number of nitrogens with two attached hydrogens (primary N) is 1. The van der Waals surface area contributed by atoms with E-state index in [-0.39, 0.29) is 0 Å². The molecular formula is C7H16N2S. The lowest BCUT2D eigenvalue weighted by Crippen LogP contribution is -2.30. The molecule has 1 rings (SSSR count). The number of hydrogen-bond donors (Lipinski definition) is 1. The Labute approximate surface area is 67.1 Å². The fraction of sp³-hybridized carbons (Fsp3) is 1.00. The highest BCUT2D eigenvalue weighted by molar-refractivity contribution is 7.99. The van der Waals surface area contributed by atoms with Crippen LogP contribution in [0.25, 0.3) is 0 Å². The van der Waals surface area contributed by atoms with Crippen molar-refractivity contribution in [3.05, 3.63) is 0 Å². The van der Waals surface area contributed by atoms with Crippen LogP contribution in [-0.2, 0) is 0 Å². The minimum absolute atomic E-state index is 0.674. The van der Waals surface area contributed by atoms with Crippen LogP contribution in [0.1, 0.15) is 6.42 Å². The Kier molecular flexibility index (Phi) is 3.52. The van der Waals surface area contributed by atoms with Crippen molar-refractivity contribution in [3.63, 3.8) is 0 Å². The van der Waals surface area contributed by atoms with Crippen molar-refractivity contribution in [1.82, 2.24) is 4.90 Å². The Balaban J connectivity index is 2.30. The number of hydrogen-bond acceptors (Lipinski definition) is 3. The Morgan fingerprint density at radius 1 is 1.70 bits per heavy atom. The van der Waals surface area contributed by atoms with Gasteiger partial charge in [-0.2, -0.15) is 11.8 Å². The monoisotopic (exact) mass is 160 g/mol. The van der Waals surface area contributed by atoms with Gasteiger partial charge < -0.3 is 10.6 Å². The van der Waals surface area contributed by atoms with Gasteiger partial charge in [-0.1, -0.05) is 0 Å². The molecule has 0 aromatic heterocycles. The molecule has 1 fully saturated rings. The Morgan fingerprint density at radius 3 is 3.20 bits per heavy atom. The van der Waals surface area contributed by atoms with E-state index in [1.54, 1.807) is 0 Å². The van der Waals surface area contributed by atoms with E-state index < -0.39 is 0 Å². The van der Waals surface area contributed by atoms with Crippen LogP contribution in [0, 0.1) is 0 Å². The molecule has 0 saturated carbocycles. The van der Waals surface area contributed by atoms with Crippen LogP contribution in [0.4, 0.5) is 0 Å². The molecule has 0 bridgehead atoms. The highest BCUT2D eigenvalue weighted by atomic mass is 32.2. The lowest BCUT2D eigenvalue weighted by atomic mass is 10.3. The molecule has 0 radical (unpaired) electrons. The van der Waals surface area contributed by atoms with E-state index in [4.69, 9.17) is 5.73 Å². The molecule has 0 amide bonds. The molecule has 3 heteroatoms. The molecule has 0 aliphatic carbocycles. The highest BCUT2D eigenvalue weighted by Crippen LogP contribution is 2.15. The maximum atomic E-state index is 5.59. The second-order valence-electron chi connectivity index (χ2n) is 2.84. The summed E-state index contributed by atoms with van der Waals surface area (Å²) in [5, 5.41) is 0.674. The normalized spacial score (nSPS) is 30.0. The minimum Gasteiger partial charge on any atom is -0.329 e. The van der Waals surface area contributed by atoms with Crippen molar-refractivity contribution in [1.29, 1.82) is 0 Å². The summed E-state index contributed by atoms with van der Waals surface area (Å²) in [4.78, 5) is 2.37. The molecule has 60 valence electrons. The maximum Gasteiger partial charge on any atom is 0.0297 e. The summed E-state index contributed by atoms with van der Waals surface area (Å²) in [5.41, 5.74) is 5.59. The Hall–Kier alpha value is 0.270. The van der Waals surface area contributed by atoms with Gasteiger partial charge in [-0.3, -0.25) is 0 Å². The summed E-state index contributed by atoms with van der Waals surface area (Å²) in [6, 6.07) is 0. The topological polar surface area (TPSA) is 29.3 Å². The van der Waals surface area contributed by atoms with E-state index in [2.05, 4.69) is 11.9 Å². The third-order valence-electron chi connectivity index (χ3n) is 1.82. The van der Waals surface area contributed by atoms with Gasteiger partial charge >= 0.3 is 0 Å². The van der Waals surface area contributed by atoms with Gasteiger partial charge in [0.05, 0.1) is 0 Å². The van der Waals surface area contributed by atoms with E-state index in [9.17, 15) is 0 Å². The fourth-order valence-corrected chi connectivity index (χ4v) is 2.34. The van der Waals surface area contributed by atoms with Gasteiger partial charge in [0.15, 0.2) is 0 Å². The molecule has 2 nitrogen and oxygen atoms in total. The second kappa shape index (κ2) is 4.21. The molecular weight excluding hydrogens is 144 g/mol. The standard InChI is InChI=1S/C7H16N2S/c1-9-3-2-4-10-7(5-8)6-9/h7H,2-6,8H2,1H3. The van der Waals surface area contributed by atoms with E-state index in [0.717, 1.165) is 6.54 Å². The first-order valence-electron chi connectivity index (χ1n) is 3.83. The molecule has 1 saturated heterocycles. The zero-order valence-corrected chi connectivity index (χ0v) is 7.36. The van der Waals surface area contributed by atoms with E-state index in [0.29, 0.717) is 5.25 Å². The van der Waals surface area contributed by atoms with Gasteiger partial charge in [0.2, 0.25) is 0 Å². The van der Waals surface area contributed by atoms with E-state index >= 15 is 0 Å². The third-order valence-corrected chi connectivity index (χ3v) is 3.15. The minimum atomic E-state index is 0.674. The summed E-state index contributed by atoms with van der Waals surface area (Å²) in [6.07, 6.45) is 1.32. The average Bonchev–Trinajstić information content (AvgIpc) is 2.13. The van der Waals surface area contributed by atoms with Gasteiger partial charge in [0.1, 0.15) is 0 Å². The van der Waals surface area contributed by atoms with Gasteiger partial charge in [0.25, 0.3) is 0 Å². The molecule has 0 aromatic carbocycles. The van der Waals surface area contributed by atoms with Crippen LogP contribution in [0.3, 0.4) is 0 Å². The largest absolute Gasteiger partial charge is 0.329 e. The molecule has 1 aliphatic rings. The fourth-order valence-electron chi connectivity index (χ4n) is 1.22. The smallest absolute Gasteiger partial charge is 0.0297 e. The lowest BCUT2D eigenvalue weighted by Gasteiger charge is -2.17. The zero-order chi connectivity index (χ0) is 7.40. The van der Waals surface area contributed by atoms with Gasteiger partial charge in [-0.15, -0.1) is 0 Å². The van der Waals surface area contributed by atoms with Crippen LogP contribution in [0.5, 0.6) is 0 Å². The molecule has 0 spiro atoms. The molecule has 10 heavy (non-hydrogen) atoms. The summed E-state index contributed by atoms with van der Waals surface area (Å²) in [7, 11) is 2.18. The molecule has 1 aliphatic heterocycles. The second-order valence-corrected chi connectivity index (χ2v) is 4.25. The molecule has 2 N–H and O–H groups in total. The number of rotatable bonds is 1. The van der Waals surface area contributed by atoms with Crippen LogP contribution in [-0.4, -0.2) is 42.6 Å². The molecule has 1 unspecified atom stereocenters. The van der Waals surface area contributed by atoms with E-state index in [1.807, 2.05) is 11.8 Å². The molecule has 1 atom stereocenters. The summed E-state index contributed by atoms with van der Waals surface area (Å²) in [5.74, 6) is 1.28. The van der Waals surface area contributed by atoms with Gasteiger partial charge in [-0.05, 0) is 25.8 Å². The molecule has 0 aromatic rings. The van der Waals surface area contributed by atoms with Crippen LogP contribution >= 0.6 is 11.8 Å². The van der Waals surface area contributed by atoms with Gasteiger partial charge in [-0.25, -0.2) is 0 Å². The number of nitrogens with zero attached hydrogens (tertiary/aromatic N) is 1. The summed E-state index contributed by atoms with van der Waals surface area (Å²) in [6.45, 7) is 3.24. The maximum absolute atomic E-state index is 5.59. The summed E-state index contributed by atoms with van der Waals surface area (Å²) < 4.78 is 0. The third kappa shape index (κ3) is 2.48. The quantitative estimate of drug-likeness (QED) is 0.601. The Bertz CT molecular complexity index is 97.6. The van der Waals surface area contributed by atoms with E-state index in [1.165, 1.54) is 25.3 Å². The van der Waals surface area contributed by atoms with Crippen molar-refractivity contribution in [3.8, 4) is 0 Å². The van der Waals surface area contributed by atoms with Gasteiger partial charge in [0, 0.05) is 18.3 Å². The predicted octanol–water partition coefficient (Wildman–Crippen LogP) is 0.382. The van der Waals surface area contributed by atoms with Crippen LogP contribution in [0.15, 0.2) is 0 Å². The number of thioether (sulfide) groups is 1. The SMILES string of the molecule is CN1CCCSC(CN)C1. The Morgan fingerprint density at radius 2 is 2.50 bits per heavy atom. The van der Waals surface area contributed by atoms with Crippen LogP contribution < -0.4 is 5.73 Å².